The number of halogens is 3. The molecule has 3 rings (SSSR count). The van der Waals surface area contributed by atoms with Crippen LogP contribution in [-0.2, 0) is 24.1 Å². The molecule has 0 atom stereocenters. The SMILES string of the molecule is Cc1c(C(N)=O)cn(CCOCc2ccccc2)c1-c1ccccc1C(F)(F)F. The molecule has 7 heteroatoms. The molecule has 0 aliphatic rings. The van der Waals surface area contributed by atoms with E-state index < -0.39 is 17.6 Å². The Bertz CT molecular complexity index is 995. The van der Waals surface area contributed by atoms with Crippen molar-refractivity contribution in [1.82, 2.24) is 4.57 Å². The van der Waals surface area contributed by atoms with Gasteiger partial charge in [-0.05, 0) is 24.1 Å². The number of ether oxygens (including phenoxy) is 1. The molecular formula is C22H21F3N2O2. The lowest BCUT2D eigenvalue weighted by Gasteiger charge is -2.16. The Labute approximate surface area is 166 Å². The highest BCUT2D eigenvalue weighted by molar-refractivity contribution is 5.96. The average molecular weight is 402 g/mol. The summed E-state index contributed by atoms with van der Waals surface area (Å²) >= 11 is 0. The molecule has 1 heterocycles. The van der Waals surface area contributed by atoms with Crippen molar-refractivity contribution in [3.8, 4) is 11.3 Å². The van der Waals surface area contributed by atoms with Gasteiger partial charge in [0.1, 0.15) is 0 Å². The van der Waals surface area contributed by atoms with Gasteiger partial charge in [-0.3, -0.25) is 4.79 Å². The van der Waals surface area contributed by atoms with E-state index in [9.17, 15) is 18.0 Å². The number of carbonyl (C=O) groups excluding carboxylic acids is 1. The number of primary amides is 1. The van der Waals surface area contributed by atoms with Crippen molar-refractivity contribution in [3.63, 3.8) is 0 Å². The third-order valence-electron chi connectivity index (χ3n) is 4.67. The van der Waals surface area contributed by atoms with Crippen LogP contribution in [0.3, 0.4) is 0 Å². The van der Waals surface area contributed by atoms with Crippen molar-refractivity contribution in [2.75, 3.05) is 6.61 Å². The van der Waals surface area contributed by atoms with Gasteiger partial charge in [-0.1, -0.05) is 48.5 Å². The summed E-state index contributed by atoms with van der Waals surface area (Å²) in [5, 5.41) is 0. The Kier molecular flexibility index (Phi) is 6.08. The van der Waals surface area contributed by atoms with Crippen LogP contribution < -0.4 is 5.73 Å². The predicted molar refractivity (Wildman–Crippen MR) is 104 cm³/mol. The van der Waals surface area contributed by atoms with Crippen molar-refractivity contribution in [2.45, 2.75) is 26.3 Å². The molecule has 0 spiro atoms. The van der Waals surface area contributed by atoms with Crippen LogP contribution in [0.25, 0.3) is 11.3 Å². The molecule has 2 N–H and O–H groups in total. The molecule has 0 saturated heterocycles. The molecule has 0 radical (unpaired) electrons. The lowest BCUT2D eigenvalue weighted by molar-refractivity contribution is -0.137. The van der Waals surface area contributed by atoms with Crippen LogP contribution in [0, 0.1) is 6.92 Å². The van der Waals surface area contributed by atoms with Gasteiger partial charge in [-0.15, -0.1) is 0 Å². The number of amides is 1. The van der Waals surface area contributed by atoms with Crippen LogP contribution in [0.1, 0.15) is 27.0 Å². The maximum Gasteiger partial charge on any atom is 0.417 e. The van der Waals surface area contributed by atoms with Crippen LogP contribution in [0.2, 0.25) is 0 Å². The van der Waals surface area contributed by atoms with Crippen LogP contribution in [-0.4, -0.2) is 17.1 Å². The normalized spacial score (nSPS) is 11.6. The van der Waals surface area contributed by atoms with E-state index in [0.717, 1.165) is 11.6 Å². The molecule has 29 heavy (non-hydrogen) atoms. The molecule has 0 aliphatic heterocycles. The first-order valence-electron chi connectivity index (χ1n) is 9.07. The summed E-state index contributed by atoms with van der Waals surface area (Å²) < 4.78 is 47.9. The Morgan fingerprint density at radius 2 is 1.72 bits per heavy atom. The number of aromatic nitrogens is 1. The molecule has 1 aromatic heterocycles. The van der Waals surface area contributed by atoms with Gasteiger partial charge < -0.3 is 15.0 Å². The first-order valence-corrected chi connectivity index (χ1v) is 9.07. The van der Waals surface area contributed by atoms with Gasteiger partial charge in [-0.25, -0.2) is 0 Å². The number of carbonyl (C=O) groups is 1. The van der Waals surface area contributed by atoms with E-state index in [2.05, 4.69) is 0 Å². The van der Waals surface area contributed by atoms with E-state index >= 15 is 0 Å². The lowest BCUT2D eigenvalue weighted by Crippen LogP contribution is -2.11. The number of rotatable bonds is 7. The third kappa shape index (κ3) is 4.68. The van der Waals surface area contributed by atoms with Gasteiger partial charge >= 0.3 is 6.18 Å². The topological polar surface area (TPSA) is 57.2 Å². The minimum atomic E-state index is -4.52. The van der Waals surface area contributed by atoms with E-state index in [4.69, 9.17) is 10.5 Å². The highest BCUT2D eigenvalue weighted by atomic mass is 19.4. The van der Waals surface area contributed by atoms with Gasteiger partial charge in [0.25, 0.3) is 5.91 Å². The van der Waals surface area contributed by atoms with Crippen LogP contribution in [0.4, 0.5) is 13.2 Å². The number of alkyl halides is 3. The zero-order valence-electron chi connectivity index (χ0n) is 15.9. The van der Waals surface area contributed by atoms with Gasteiger partial charge in [-0.2, -0.15) is 13.2 Å². The predicted octanol–water partition coefficient (Wildman–Crippen LogP) is 4.80. The molecule has 4 nitrogen and oxygen atoms in total. The first kappa shape index (κ1) is 20.7. The summed E-state index contributed by atoms with van der Waals surface area (Å²) in [6.45, 7) is 2.53. The van der Waals surface area contributed by atoms with Crippen LogP contribution in [0.15, 0.2) is 60.8 Å². The van der Waals surface area contributed by atoms with Crippen molar-refractivity contribution in [1.29, 1.82) is 0 Å². The lowest BCUT2D eigenvalue weighted by atomic mass is 10.00. The number of hydrogen-bond donors (Lipinski definition) is 1. The highest BCUT2D eigenvalue weighted by Gasteiger charge is 2.34. The fourth-order valence-electron chi connectivity index (χ4n) is 3.31. The van der Waals surface area contributed by atoms with Crippen molar-refractivity contribution >= 4 is 5.91 Å². The van der Waals surface area contributed by atoms with Crippen LogP contribution in [0.5, 0.6) is 0 Å². The van der Waals surface area contributed by atoms with Crippen molar-refractivity contribution in [3.05, 3.63) is 83.0 Å². The summed E-state index contributed by atoms with van der Waals surface area (Å²) in [6.07, 6.45) is -3.03. The minimum Gasteiger partial charge on any atom is -0.375 e. The van der Waals surface area contributed by atoms with Gasteiger partial charge in [0.15, 0.2) is 0 Å². The molecule has 0 saturated carbocycles. The molecule has 152 valence electrons. The zero-order chi connectivity index (χ0) is 21.0. The van der Waals surface area contributed by atoms with E-state index in [1.807, 2.05) is 30.3 Å². The number of nitrogens with zero attached hydrogens (tertiary/aromatic N) is 1. The quantitative estimate of drug-likeness (QED) is 0.577. The molecule has 2 aromatic carbocycles. The standard InChI is InChI=1S/C22H21F3N2O2/c1-15-18(21(26)28)13-27(11-12-29-14-16-7-3-2-4-8-16)20(15)17-9-5-6-10-19(17)22(23,24)25/h2-10,13H,11-12,14H2,1H3,(H2,26,28). The Balaban J connectivity index is 1.90. The molecule has 1 amide bonds. The highest BCUT2D eigenvalue weighted by Crippen LogP contribution is 2.39. The summed E-state index contributed by atoms with van der Waals surface area (Å²) in [4.78, 5) is 11.8. The maximum absolute atomic E-state index is 13.5. The van der Waals surface area contributed by atoms with Crippen molar-refractivity contribution < 1.29 is 22.7 Å². The average Bonchev–Trinajstić information content (AvgIpc) is 3.02. The fraction of sp³-hybridized carbons (Fsp3) is 0.227. The monoisotopic (exact) mass is 402 g/mol. The van der Waals surface area contributed by atoms with E-state index in [1.54, 1.807) is 11.5 Å². The molecule has 0 unspecified atom stereocenters. The summed E-state index contributed by atoms with van der Waals surface area (Å²) in [5.74, 6) is -0.683. The van der Waals surface area contributed by atoms with Crippen molar-refractivity contribution in [2.24, 2.45) is 5.73 Å². The molecule has 3 aromatic rings. The summed E-state index contributed by atoms with van der Waals surface area (Å²) in [5.41, 5.74) is 6.59. The maximum atomic E-state index is 13.5. The second-order valence-corrected chi connectivity index (χ2v) is 6.66. The summed E-state index contributed by atoms with van der Waals surface area (Å²) in [7, 11) is 0. The minimum absolute atomic E-state index is 0.00746. The Hall–Kier alpha value is -3.06. The molecule has 0 fully saturated rings. The molecule has 0 aliphatic carbocycles. The number of benzene rings is 2. The molecule has 0 bridgehead atoms. The zero-order valence-corrected chi connectivity index (χ0v) is 15.9. The van der Waals surface area contributed by atoms with Gasteiger partial charge in [0.05, 0.1) is 30.0 Å². The second-order valence-electron chi connectivity index (χ2n) is 6.66. The first-order chi connectivity index (χ1) is 13.8. The second kappa shape index (κ2) is 8.53. The third-order valence-corrected chi connectivity index (χ3v) is 4.67. The van der Waals surface area contributed by atoms with E-state index in [-0.39, 0.29) is 24.3 Å². The largest absolute Gasteiger partial charge is 0.417 e. The Morgan fingerprint density at radius 3 is 2.38 bits per heavy atom. The smallest absolute Gasteiger partial charge is 0.375 e. The Morgan fingerprint density at radius 1 is 1.07 bits per heavy atom. The fourth-order valence-corrected chi connectivity index (χ4v) is 3.31. The number of hydrogen-bond acceptors (Lipinski definition) is 2. The molecular weight excluding hydrogens is 381 g/mol. The van der Waals surface area contributed by atoms with Crippen LogP contribution >= 0.6 is 0 Å². The van der Waals surface area contributed by atoms with Gasteiger partial charge in [0, 0.05) is 18.3 Å². The summed E-state index contributed by atoms with van der Waals surface area (Å²) in [6, 6.07) is 14.9. The van der Waals surface area contributed by atoms with E-state index in [0.29, 0.717) is 17.9 Å². The van der Waals surface area contributed by atoms with Gasteiger partial charge in [0.2, 0.25) is 0 Å². The number of nitrogens with two attached hydrogens (primary N) is 1. The van der Waals surface area contributed by atoms with E-state index in [1.165, 1.54) is 24.4 Å².